The van der Waals surface area contributed by atoms with Crippen LogP contribution in [0, 0.1) is 0 Å². The molecule has 0 saturated carbocycles. The van der Waals surface area contributed by atoms with Gasteiger partial charge in [-0.2, -0.15) is 0 Å². The molecule has 3 heteroatoms. The van der Waals surface area contributed by atoms with Gasteiger partial charge in [-0.3, -0.25) is 0 Å². The van der Waals surface area contributed by atoms with Crippen molar-refractivity contribution in [2.75, 3.05) is 5.32 Å². The Bertz CT molecular complexity index is 910. The van der Waals surface area contributed by atoms with E-state index < -0.39 is 0 Å². The summed E-state index contributed by atoms with van der Waals surface area (Å²) >= 11 is 0. The minimum Gasteiger partial charge on any atom is -0.334 e. The van der Waals surface area contributed by atoms with Crippen LogP contribution in [0.15, 0.2) is 60.7 Å². The highest BCUT2D eigenvalue weighted by atomic mass is 16.2. The molecule has 3 nitrogen and oxygen atoms in total. The molecule has 0 bridgehead atoms. The number of rotatable bonds is 5. The number of para-hydroxylation sites is 1. The molecular formula is C23H26N2O. The third-order valence-electron chi connectivity index (χ3n) is 4.74. The molecule has 2 N–H and O–H groups in total. The maximum Gasteiger partial charge on any atom is 0.319 e. The molecule has 0 radical (unpaired) electrons. The molecule has 0 saturated heterocycles. The van der Waals surface area contributed by atoms with Crippen LogP contribution >= 0.6 is 0 Å². The molecule has 0 heterocycles. The van der Waals surface area contributed by atoms with E-state index in [0.29, 0.717) is 12.5 Å². The summed E-state index contributed by atoms with van der Waals surface area (Å²) in [6.07, 6.45) is 0.888. The highest BCUT2D eigenvalue weighted by molar-refractivity contribution is 5.92. The average molecular weight is 346 g/mol. The number of urea groups is 1. The maximum absolute atomic E-state index is 12.5. The van der Waals surface area contributed by atoms with Crippen LogP contribution in [0.4, 0.5) is 10.5 Å². The number of hydrogen-bond donors (Lipinski definition) is 2. The summed E-state index contributed by atoms with van der Waals surface area (Å²) in [6, 6.07) is 20.5. The highest BCUT2D eigenvalue weighted by Crippen LogP contribution is 2.28. The number of amides is 2. The van der Waals surface area contributed by atoms with Crippen LogP contribution in [0.25, 0.3) is 10.8 Å². The first-order valence-corrected chi connectivity index (χ1v) is 9.23. The predicted octanol–water partition coefficient (Wildman–Crippen LogP) is 5.85. The lowest BCUT2D eigenvalue weighted by Gasteiger charge is -2.18. The van der Waals surface area contributed by atoms with E-state index in [-0.39, 0.29) is 6.03 Å². The van der Waals surface area contributed by atoms with Crippen molar-refractivity contribution in [2.24, 2.45) is 0 Å². The van der Waals surface area contributed by atoms with E-state index >= 15 is 0 Å². The van der Waals surface area contributed by atoms with Gasteiger partial charge in [0.15, 0.2) is 0 Å². The van der Waals surface area contributed by atoms with Gasteiger partial charge in [-0.25, -0.2) is 4.79 Å². The molecule has 3 aromatic rings. The van der Waals surface area contributed by atoms with Gasteiger partial charge >= 0.3 is 6.03 Å². The Morgan fingerprint density at radius 3 is 2.38 bits per heavy atom. The van der Waals surface area contributed by atoms with Gasteiger partial charge in [-0.1, -0.05) is 81.4 Å². The first kappa shape index (κ1) is 18.0. The lowest BCUT2D eigenvalue weighted by atomic mass is 9.96. The lowest BCUT2D eigenvalue weighted by Crippen LogP contribution is -2.29. The van der Waals surface area contributed by atoms with Crippen LogP contribution in [-0.2, 0) is 13.0 Å². The molecule has 0 aliphatic heterocycles. The SMILES string of the molecule is CCc1cccc(C(C)C)c1NC(=O)NCc1cccc2ccccc12. The number of fused-ring (bicyclic) bond motifs is 1. The standard InChI is InChI=1S/C23H26N2O/c1-4-17-10-8-14-20(16(2)3)22(17)25-23(26)24-15-19-12-7-11-18-9-5-6-13-21(18)19/h5-14,16H,4,15H2,1-3H3,(H2,24,25,26). The largest absolute Gasteiger partial charge is 0.334 e. The van der Waals surface area contributed by atoms with Crippen LogP contribution < -0.4 is 10.6 Å². The second-order valence-electron chi connectivity index (χ2n) is 6.84. The molecule has 0 fully saturated rings. The number of carbonyl (C=O) groups is 1. The number of nitrogens with one attached hydrogen (secondary N) is 2. The Morgan fingerprint density at radius 2 is 1.62 bits per heavy atom. The van der Waals surface area contributed by atoms with Crippen molar-refractivity contribution in [1.82, 2.24) is 5.32 Å². The van der Waals surface area contributed by atoms with E-state index in [1.54, 1.807) is 0 Å². The van der Waals surface area contributed by atoms with E-state index in [4.69, 9.17) is 0 Å². The first-order valence-electron chi connectivity index (χ1n) is 9.23. The summed E-state index contributed by atoms with van der Waals surface area (Å²) < 4.78 is 0. The van der Waals surface area contributed by atoms with Crippen molar-refractivity contribution >= 4 is 22.5 Å². The molecule has 0 spiro atoms. The summed E-state index contributed by atoms with van der Waals surface area (Å²) in [5, 5.41) is 8.45. The molecule has 0 aliphatic carbocycles. The van der Waals surface area contributed by atoms with Crippen LogP contribution in [0.2, 0.25) is 0 Å². The van der Waals surface area contributed by atoms with Crippen LogP contribution in [-0.4, -0.2) is 6.03 Å². The highest BCUT2D eigenvalue weighted by Gasteiger charge is 2.13. The van der Waals surface area contributed by atoms with Crippen LogP contribution in [0.1, 0.15) is 43.4 Å². The molecule has 0 atom stereocenters. The topological polar surface area (TPSA) is 41.1 Å². The zero-order valence-corrected chi connectivity index (χ0v) is 15.7. The number of carbonyl (C=O) groups excluding carboxylic acids is 1. The van der Waals surface area contributed by atoms with Gasteiger partial charge in [0, 0.05) is 12.2 Å². The summed E-state index contributed by atoms with van der Waals surface area (Å²) in [6.45, 7) is 6.90. The molecule has 26 heavy (non-hydrogen) atoms. The molecule has 0 aromatic heterocycles. The van der Waals surface area contributed by atoms with E-state index in [0.717, 1.165) is 23.2 Å². The Kier molecular flexibility index (Phi) is 5.57. The van der Waals surface area contributed by atoms with E-state index in [2.05, 4.69) is 73.9 Å². The summed E-state index contributed by atoms with van der Waals surface area (Å²) in [4.78, 5) is 12.5. The molecule has 134 valence electrons. The fourth-order valence-electron chi connectivity index (χ4n) is 3.33. The van der Waals surface area contributed by atoms with Crippen LogP contribution in [0.5, 0.6) is 0 Å². The van der Waals surface area contributed by atoms with E-state index in [1.165, 1.54) is 16.3 Å². The van der Waals surface area contributed by atoms with Gasteiger partial charge in [-0.05, 0) is 39.8 Å². The average Bonchev–Trinajstić information content (AvgIpc) is 2.66. The fraction of sp³-hybridized carbons (Fsp3) is 0.261. The third kappa shape index (κ3) is 3.88. The van der Waals surface area contributed by atoms with Gasteiger partial charge in [0.25, 0.3) is 0 Å². The Balaban J connectivity index is 1.76. The lowest BCUT2D eigenvalue weighted by molar-refractivity contribution is 0.251. The summed E-state index contributed by atoms with van der Waals surface area (Å²) in [5.41, 5.74) is 4.40. The van der Waals surface area contributed by atoms with Gasteiger partial charge in [0.05, 0.1) is 0 Å². The van der Waals surface area contributed by atoms with Crippen molar-refractivity contribution in [1.29, 1.82) is 0 Å². The Hall–Kier alpha value is -2.81. The molecule has 0 unspecified atom stereocenters. The molecule has 2 amide bonds. The first-order chi connectivity index (χ1) is 12.6. The zero-order valence-electron chi connectivity index (χ0n) is 15.7. The van der Waals surface area contributed by atoms with Crippen molar-refractivity contribution < 1.29 is 4.79 Å². The van der Waals surface area contributed by atoms with Crippen LogP contribution in [0.3, 0.4) is 0 Å². The fourth-order valence-corrected chi connectivity index (χ4v) is 3.33. The van der Waals surface area contributed by atoms with Gasteiger partial charge < -0.3 is 10.6 Å². The maximum atomic E-state index is 12.5. The van der Waals surface area contributed by atoms with Gasteiger partial charge in [0.2, 0.25) is 0 Å². The quantitative estimate of drug-likeness (QED) is 0.598. The van der Waals surface area contributed by atoms with Crippen molar-refractivity contribution in [3.8, 4) is 0 Å². The number of hydrogen-bond acceptors (Lipinski definition) is 1. The van der Waals surface area contributed by atoms with E-state index in [1.807, 2.05) is 18.2 Å². The smallest absolute Gasteiger partial charge is 0.319 e. The monoisotopic (exact) mass is 346 g/mol. The van der Waals surface area contributed by atoms with E-state index in [9.17, 15) is 4.79 Å². The minimum absolute atomic E-state index is 0.166. The summed E-state index contributed by atoms with van der Waals surface area (Å²) in [7, 11) is 0. The second-order valence-corrected chi connectivity index (χ2v) is 6.84. The Labute approximate surface area is 155 Å². The normalized spacial score (nSPS) is 10.9. The minimum atomic E-state index is -0.166. The van der Waals surface area contributed by atoms with Crippen molar-refractivity contribution in [3.63, 3.8) is 0 Å². The Morgan fingerprint density at radius 1 is 0.923 bits per heavy atom. The second kappa shape index (κ2) is 8.05. The van der Waals surface area contributed by atoms with Gasteiger partial charge in [0.1, 0.15) is 0 Å². The number of anilines is 1. The molecule has 0 aliphatic rings. The predicted molar refractivity (Wildman–Crippen MR) is 110 cm³/mol. The van der Waals surface area contributed by atoms with Crippen molar-refractivity contribution in [2.45, 2.75) is 39.7 Å². The van der Waals surface area contributed by atoms with Crippen molar-refractivity contribution in [3.05, 3.63) is 77.4 Å². The number of aryl methyl sites for hydroxylation is 1. The molecule has 3 aromatic carbocycles. The molecular weight excluding hydrogens is 320 g/mol. The summed E-state index contributed by atoms with van der Waals surface area (Å²) in [5.74, 6) is 0.356. The number of benzene rings is 3. The third-order valence-corrected chi connectivity index (χ3v) is 4.74. The molecule has 3 rings (SSSR count). The van der Waals surface area contributed by atoms with Gasteiger partial charge in [-0.15, -0.1) is 0 Å². The zero-order chi connectivity index (χ0) is 18.5.